The van der Waals surface area contributed by atoms with Crippen LogP contribution in [0.3, 0.4) is 0 Å². The van der Waals surface area contributed by atoms with Crippen LogP contribution in [0, 0.1) is 22.2 Å². The highest BCUT2D eigenvalue weighted by Crippen LogP contribution is 2.42. The van der Waals surface area contributed by atoms with Crippen LogP contribution in [0.25, 0.3) is 33.3 Å². The number of aldehydes is 1. The number of benzene rings is 2. The van der Waals surface area contributed by atoms with E-state index in [0.29, 0.717) is 36.9 Å². The van der Waals surface area contributed by atoms with Crippen molar-refractivity contribution in [3.63, 3.8) is 0 Å². The predicted octanol–water partition coefficient (Wildman–Crippen LogP) is 5.83. The van der Waals surface area contributed by atoms with Crippen molar-refractivity contribution in [3.8, 4) is 34.2 Å². The largest absolute Gasteiger partial charge is 0.508 e. The first-order valence-electron chi connectivity index (χ1n) is 17.5. The van der Waals surface area contributed by atoms with Gasteiger partial charge in [-0.25, -0.2) is 0 Å². The number of phenols is 1. The summed E-state index contributed by atoms with van der Waals surface area (Å²) in [5.41, 5.74) is 5.16. The molecule has 280 valence electrons. The van der Waals surface area contributed by atoms with Crippen molar-refractivity contribution in [1.29, 1.82) is 5.26 Å². The molecule has 12 nitrogen and oxygen atoms in total. The van der Waals surface area contributed by atoms with Gasteiger partial charge in [0.2, 0.25) is 11.8 Å². The number of hydrogen-bond donors (Lipinski definition) is 3. The first-order chi connectivity index (χ1) is 25.1. The number of hydrogen-bond acceptors (Lipinski definition) is 9. The van der Waals surface area contributed by atoms with Gasteiger partial charge < -0.3 is 34.6 Å². The van der Waals surface area contributed by atoms with Gasteiger partial charge in [-0.15, -0.1) is 0 Å². The van der Waals surface area contributed by atoms with Crippen LogP contribution in [-0.4, -0.2) is 65.0 Å². The first-order valence-corrected chi connectivity index (χ1v) is 17.5. The summed E-state index contributed by atoms with van der Waals surface area (Å²) in [6.45, 7) is 13.8. The Labute approximate surface area is 310 Å². The lowest BCUT2D eigenvalue weighted by Gasteiger charge is -2.28. The number of nitrogens with zero attached hydrogens (tertiary/aromatic N) is 3. The van der Waals surface area contributed by atoms with Gasteiger partial charge >= 0.3 is 0 Å². The topological polar surface area (TPSA) is 173 Å². The molecule has 0 aliphatic heterocycles. The van der Waals surface area contributed by atoms with E-state index in [0.717, 1.165) is 39.0 Å². The molecule has 0 aliphatic rings. The molecule has 2 heterocycles. The fraction of sp³-hybridized carbons (Fsp3) is 0.415. The van der Waals surface area contributed by atoms with Crippen molar-refractivity contribution in [2.24, 2.45) is 10.8 Å². The number of aromatic hydroxyl groups is 1. The van der Waals surface area contributed by atoms with Crippen molar-refractivity contribution in [1.82, 2.24) is 20.2 Å². The van der Waals surface area contributed by atoms with E-state index in [1.54, 1.807) is 19.4 Å². The van der Waals surface area contributed by atoms with E-state index in [-0.39, 0.29) is 24.9 Å². The van der Waals surface area contributed by atoms with E-state index in [4.69, 9.17) is 14.5 Å². The maximum absolute atomic E-state index is 13.2. The number of carbonyl (C=O) groups excluding carboxylic acids is 4. The number of aromatic nitrogens is 2. The summed E-state index contributed by atoms with van der Waals surface area (Å²) < 4.78 is 13.2. The molecule has 0 radical (unpaired) electrons. The molecule has 4 rings (SSSR count). The van der Waals surface area contributed by atoms with Crippen molar-refractivity contribution in [3.05, 3.63) is 71.5 Å². The van der Waals surface area contributed by atoms with Crippen LogP contribution in [0.1, 0.15) is 71.4 Å². The second-order valence-electron chi connectivity index (χ2n) is 14.7. The van der Waals surface area contributed by atoms with Gasteiger partial charge in [0.05, 0.1) is 41.6 Å². The van der Waals surface area contributed by atoms with E-state index >= 15 is 0 Å². The average Bonchev–Trinajstić information content (AvgIpc) is 3.43. The molecule has 0 saturated carbocycles. The van der Waals surface area contributed by atoms with Crippen LogP contribution in [0.4, 0.5) is 0 Å². The number of ether oxygens (including phenoxy) is 2. The van der Waals surface area contributed by atoms with Gasteiger partial charge in [-0.2, -0.15) is 5.26 Å². The number of methoxy groups -OCH3 is 1. The van der Waals surface area contributed by atoms with Crippen molar-refractivity contribution >= 4 is 35.5 Å². The van der Waals surface area contributed by atoms with Crippen LogP contribution in [0.15, 0.2) is 54.7 Å². The number of carbonyl (C=O) groups is 4. The number of amides is 2. The molecular weight excluding hydrogens is 674 g/mol. The summed E-state index contributed by atoms with van der Waals surface area (Å²) >= 11 is 0. The molecule has 0 aliphatic carbocycles. The zero-order valence-electron chi connectivity index (χ0n) is 31.6. The normalized spacial score (nSPS) is 13.4. The third-order valence-corrected chi connectivity index (χ3v) is 9.39. The van der Waals surface area contributed by atoms with E-state index in [9.17, 15) is 29.5 Å². The van der Waals surface area contributed by atoms with Gasteiger partial charge in [0.25, 0.3) is 6.47 Å². The van der Waals surface area contributed by atoms with Crippen LogP contribution >= 0.6 is 0 Å². The highest BCUT2D eigenvalue weighted by atomic mass is 16.5. The van der Waals surface area contributed by atoms with Crippen LogP contribution in [0.2, 0.25) is 0 Å². The molecule has 3 N–H and O–H groups in total. The fourth-order valence-electron chi connectivity index (χ4n) is 6.71. The predicted molar refractivity (Wildman–Crippen MR) is 202 cm³/mol. The zero-order chi connectivity index (χ0) is 39.1. The Bertz CT molecular complexity index is 2030. The number of aryl methyl sites for hydroxylation is 1. The van der Waals surface area contributed by atoms with Gasteiger partial charge in [-0.3, -0.25) is 19.4 Å². The standard InChI is InChI=1S/C41H49N5O7/c1-9-46-35-13-12-28(19-33(35)34(20-40(4,5)23-53-24-48)37(46)32-11-10-14-43-36(32)25(2)52-8)29-15-27(17-31(50)18-29)16-30(21-47)45-39(51)38(44-26(3)49)41(6,7)22-42/h10-15,17-19,21,24-25,30,38,50H,9,16,20,23H2,1-8H3,(H,44,49)(H,45,51). The molecule has 2 aromatic carbocycles. The van der Waals surface area contributed by atoms with Gasteiger partial charge in [-0.1, -0.05) is 26.0 Å². The summed E-state index contributed by atoms with van der Waals surface area (Å²) in [5, 5.41) is 26.6. The van der Waals surface area contributed by atoms with Gasteiger partial charge in [0, 0.05) is 48.7 Å². The molecule has 53 heavy (non-hydrogen) atoms. The van der Waals surface area contributed by atoms with Gasteiger partial charge in [0.1, 0.15) is 18.1 Å². The lowest BCUT2D eigenvalue weighted by molar-refractivity contribution is -0.131. The zero-order valence-corrected chi connectivity index (χ0v) is 31.6. The number of fused-ring (bicyclic) bond motifs is 1. The highest BCUT2D eigenvalue weighted by Gasteiger charge is 2.37. The van der Waals surface area contributed by atoms with Gasteiger partial charge in [0.15, 0.2) is 0 Å². The van der Waals surface area contributed by atoms with E-state index in [1.165, 1.54) is 26.8 Å². The minimum absolute atomic E-state index is 0.0250. The van der Waals surface area contributed by atoms with Crippen molar-refractivity contribution in [2.75, 3.05) is 13.7 Å². The molecule has 0 saturated heterocycles. The number of phenolic OH excluding ortho intramolecular Hbond substituents is 1. The summed E-state index contributed by atoms with van der Waals surface area (Å²) in [7, 11) is 1.65. The van der Waals surface area contributed by atoms with Crippen molar-refractivity contribution < 1.29 is 33.8 Å². The Morgan fingerprint density at radius 2 is 1.81 bits per heavy atom. The lowest BCUT2D eigenvalue weighted by Crippen LogP contribution is -2.56. The summed E-state index contributed by atoms with van der Waals surface area (Å²) in [5.74, 6) is -1.18. The third kappa shape index (κ3) is 9.28. The minimum atomic E-state index is -1.24. The summed E-state index contributed by atoms with van der Waals surface area (Å²) in [6, 6.07) is 14.9. The maximum Gasteiger partial charge on any atom is 0.293 e. The van der Waals surface area contributed by atoms with Crippen molar-refractivity contribution in [2.45, 2.75) is 86.0 Å². The Balaban J connectivity index is 1.82. The Morgan fingerprint density at radius 3 is 2.43 bits per heavy atom. The lowest BCUT2D eigenvalue weighted by atomic mass is 9.84. The highest BCUT2D eigenvalue weighted by molar-refractivity contribution is 5.95. The van der Waals surface area contributed by atoms with E-state index < -0.39 is 34.7 Å². The minimum Gasteiger partial charge on any atom is -0.508 e. The average molecular weight is 724 g/mol. The van der Waals surface area contributed by atoms with E-state index in [2.05, 4.69) is 28.2 Å². The van der Waals surface area contributed by atoms with Crippen LogP contribution in [-0.2, 0) is 48.0 Å². The molecule has 12 heteroatoms. The number of nitriles is 1. The number of rotatable bonds is 17. The smallest absolute Gasteiger partial charge is 0.293 e. The quantitative estimate of drug-likeness (QED) is 0.113. The Morgan fingerprint density at radius 1 is 1.08 bits per heavy atom. The second-order valence-corrected chi connectivity index (χ2v) is 14.7. The number of pyridine rings is 1. The SMILES string of the molecule is CCn1c(-c2cccnc2C(C)OC)c(CC(C)(C)COC=O)c2cc(-c3cc(O)cc(CC(C=O)NC(=O)C(NC(C)=O)C(C)(C)C#N)c3)ccc21. The monoisotopic (exact) mass is 723 g/mol. The second kappa shape index (κ2) is 16.9. The molecule has 3 atom stereocenters. The van der Waals surface area contributed by atoms with E-state index in [1.807, 2.05) is 57.2 Å². The molecule has 0 fully saturated rings. The van der Waals surface area contributed by atoms with Crippen LogP contribution in [0.5, 0.6) is 5.75 Å². The summed E-state index contributed by atoms with van der Waals surface area (Å²) in [4.78, 5) is 53.2. The Kier molecular flexibility index (Phi) is 12.8. The molecule has 4 aromatic rings. The third-order valence-electron chi connectivity index (χ3n) is 9.39. The molecule has 2 amide bonds. The first kappa shape index (κ1) is 40.2. The van der Waals surface area contributed by atoms with Crippen LogP contribution < -0.4 is 10.6 Å². The molecular formula is C41H49N5O7. The van der Waals surface area contributed by atoms with Gasteiger partial charge in [-0.05, 0) is 99.2 Å². The number of nitrogens with one attached hydrogen (secondary N) is 2. The molecule has 3 unspecified atom stereocenters. The summed E-state index contributed by atoms with van der Waals surface area (Å²) in [6.07, 6.45) is 2.68. The fourth-order valence-corrected chi connectivity index (χ4v) is 6.71. The molecule has 2 aromatic heterocycles. The molecule has 0 bridgehead atoms. The molecule has 0 spiro atoms. The maximum atomic E-state index is 13.2. The Hall–Kier alpha value is -5.54.